The van der Waals surface area contributed by atoms with Gasteiger partial charge in [-0.25, -0.2) is 9.36 Å². The summed E-state index contributed by atoms with van der Waals surface area (Å²) in [6, 6.07) is -1.57. The minimum absolute atomic E-state index is 0.102. The number of phosphoric ester groups is 1. The van der Waals surface area contributed by atoms with Gasteiger partial charge in [-0.1, -0.05) is 132 Å². The van der Waals surface area contributed by atoms with Crippen LogP contribution in [-0.4, -0.2) is 64.9 Å². The third-order valence-corrected chi connectivity index (χ3v) is 9.43. The molecule has 0 rings (SSSR count). The van der Waals surface area contributed by atoms with Crippen LogP contribution in [0.15, 0.2) is 72.9 Å². The van der Waals surface area contributed by atoms with Crippen molar-refractivity contribution in [3.63, 3.8) is 0 Å². The van der Waals surface area contributed by atoms with Crippen molar-refractivity contribution in [3.8, 4) is 0 Å². The van der Waals surface area contributed by atoms with Gasteiger partial charge in [0.1, 0.15) is 12.7 Å². The minimum Gasteiger partial charge on any atom is -0.480 e. The second-order valence-electron chi connectivity index (χ2n) is 13.8. The Morgan fingerprint density at radius 1 is 0.589 bits per heavy atom. The standard InChI is InChI=1S/C44H74NO10P/c1-3-5-7-9-11-13-15-17-18-19-20-21-22-24-25-27-29-31-33-35-42(47)45-41(44(49)50)39-55-56(51,52)54-38-40(46)37-53-43(48)36-34-32-30-28-26-23-16-14-12-10-8-6-4-2/h5,7,11,13-14,16-18,20-21,24-25,40-41,46H,3-4,6,8-10,12,15,19,22-23,26-39H2,1-2H3,(H,45,47)(H,49,50)(H,51,52)/b7-5-,13-11-,16-14-,18-17-,21-20-,25-24-. The first-order valence-corrected chi connectivity index (χ1v) is 22.5. The Morgan fingerprint density at radius 2 is 1.04 bits per heavy atom. The van der Waals surface area contributed by atoms with E-state index in [9.17, 15) is 34.1 Å². The van der Waals surface area contributed by atoms with E-state index in [2.05, 4.69) is 92.1 Å². The van der Waals surface area contributed by atoms with E-state index in [-0.39, 0.29) is 12.8 Å². The van der Waals surface area contributed by atoms with Crippen LogP contribution in [-0.2, 0) is 32.7 Å². The zero-order valence-corrected chi connectivity index (χ0v) is 35.3. The van der Waals surface area contributed by atoms with E-state index in [0.717, 1.165) is 89.9 Å². The molecule has 0 aromatic rings. The van der Waals surface area contributed by atoms with Gasteiger partial charge in [0.15, 0.2) is 6.04 Å². The third-order valence-electron chi connectivity index (χ3n) is 8.48. The van der Waals surface area contributed by atoms with Crippen LogP contribution >= 0.6 is 7.82 Å². The van der Waals surface area contributed by atoms with Crippen molar-refractivity contribution in [3.05, 3.63) is 72.9 Å². The fourth-order valence-corrected chi connectivity index (χ4v) is 5.99. The molecule has 3 atom stereocenters. The van der Waals surface area contributed by atoms with E-state index in [4.69, 9.17) is 13.8 Å². The number of carbonyl (C=O) groups excluding carboxylic acids is 2. The molecule has 3 unspecified atom stereocenters. The first-order valence-electron chi connectivity index (χ1n) is 21.0. The normalized spacial score (nSPS) is 14.5. The number of carbonyl (C=O) groups is 3. The second-order valence-corrected chi connectivity index (χ2v) is 15.2. The van der Waals surface area contributed by atoms with E-state index < -0.39 is 57.6 Å². The maximum atomic E-state index is 12.3. The van der Waals surface area contributed by atoms with Crippen molar-refractivity contribution in [1.29, 1.82) is 0 Å². The highest BCUT2D eigenvalue weighted by atomic mass is 31.2. The van der Waals surface area contributed by atoms with E-state index in [1.54, 1.807) is 0 Å². The lowest BCUT2D eigenvalue weighted by atomic mass is 10.1. The van der Waals surface area contributed by atoms with Crippen molar-refractivity contribution in [1.82, 2.24) is 5.32 Å². The SMILES string of the molecule is CC/C=C\C/C=C\C/C=C\C/C=C\C/C=C\CCCCCC(=O)NC(COP(=O)(O)OCC(O)COC(=O)CCCCCCC/C=C\CCCCCC)C(=O)O. The lowest BCUT2D eigenvalue weighted by molar-refractivity contribution is -0.147. The number of hydrogen-bond donors (Lipinski definition) is 4. The van der Waals surface area contributed by atoms with Gasteiger partial charge in [-0.15, -0.1) is 0 Å². The van der Waals surface area contributed by atoms with Crippen LogP contribution in [0.2, 0.25) is 0 Å². The van der Waals surface area contributed by atoms with E-state index in [0.29, 0.717) is 12.8 Å². The maximum absolute atomic E-state index is 12.3. The lowest BCUT2D eigenvalue weighted by Crippen LogP contribution is -2.43. The molecule has 0 heterocycles. The fraction of sp³-hybridized carbons (Fsp3) is 0.659. The number of allylic oxidation sites excluding steroid dienone is 12. The molecule has 1 amide bonds. The molecule has 0 saturated carbocycles. The number of carboxylic acid groups (broad SMARTS) is 1. The van der Waals surface area contributed by atoms with Crippen molar-refractivity contribution in [2.75, 3.05) is 19.8 Å². The highest BCUT2D eigenvalue weighted by Crippen LogP contribution is 2.43. The Bertz CT molecular complexity index is 1230. The first-order chi connectivity index (χ1) is 27.1. The molecule has 11 nitrogen and oxygen atoms in total. The van der Waals surface area contributed by atoms with Gasteiger partial charge in [0, 0.05) is 12.8 Å². The number of carboxylic acids is 1. The maximum Gasteiger partial charge on any atom is 0.472 e. The highest BCUT2D eigenvalue weighted by molar-refractivity contribution is 7.47. The number of aliphatic hydroxyl groups is 1. The fourth-order valence-electron chi connectivity index (χ4n) is 5.22. The minimum atomic E-state index is -4.77. The summed E-state index contributed by atoms with van der Waals surface area (Å²) in [5.41, 5.74) is 0. The van der Waals surface area contributed by atoms with Crippen molar-refractivity contribution >= 4 is 25.7 Å². The third kappa shape index (κ3) is 37.8. The zero-order valence-electron chi connectivity index (χ0n) is 34.4. The average molecular weight is 808 g/mol. The number of esters is 1. The van der Waals surface area contributed by atoms with Gasteiger partial charge in [0.05, 0.1) is 13.2 Å². The smallest absolute Gasteiger partial charge is 0.472 e. The Balaban J connectivity index is 4.02. The first kappa shape index (κ1) is 52.9. The summed E-state index contributed by atoms with van der Waals surface area (Å²) < 4.78 is 26.8. The molecular formula is C44H74NO10P. The predicted octanol–water partition coefficient (Wildman–Crippen LogP) is 10.6. The molecule has 0 aliphatic heterocycles. The van der Waals surface area contributed by atoms with Crippen LogP contribution in [0, 0.1) is 0 Å². The molecule has 0 spiro atoms. The van der Waals surface area contributed by atoms with Gasteiger partial charge in [-0.2, -0.15) is 0 Å². The van der Waals surface area contributed by atoms with Crippen LogP contribution in [0.4, 0.5) is 0 Å². The molecule has 0 radical (unpaired) electrons. The number of phosphoric acid groups is 1. The van der Waals surface area contributed by atoms with Crippen LogP contribution in [0.25, 0.3) is 0 Å². The van der Waals surface area contributed by atoms with Gasteiger partial charge in [-0.3, -0.25) is 18.6 Å². The lowest BCUT2D eigenvalue weighted by Gasteiger charge is -2.18. The molecule has 0 aromatic carbocycles. The second kappa shape index (κ2) is 38.8. The van der Waals surface area contributed by atoms with Gasteiger partial charge >= 0.3 is 19.8 Å². The number of amides is 1. The molecule has 0 aliphatic carbocycles. The summed E-state index contributed by atoms with van der Waals surface area (Å²) in [7, 11) is -4.77. The van der Waals surface area contributed by atoms with Gasteiger partial charge in [0.25, 0.3) is 0 Å². The van der Waals surface area contributed by atoms with Crippen molar-refractivity contribution < 1.29 is 47.8 Å². The summed E-state index contributed by atoms with van der Waals surface area (Å²) >= 11 is 0. The van der Waals surface area contributed by atoms with Crippen LogP contribution < -0.4 is 5.32 Å². The summed E-state index contributed by atoms with van der Waals surface area (Å²) in [6.45, 7) is 2.41. The largest absolute Gasteiger partial charge is 0.480 e. The highest BCUT2D eigenvalue weighted by Gasteiger charge is 2.28. The van der Waals surface area contributed by atoms with Crippen molar-refractivity contribution in [2.24, 2.45) is 0 Å². The van der Waals surface area contributed by atoms with Crippen LogP contribution in [0.1, 0.15) is 155 Å². The number of nitrogens with one attached hydrogen (secondary N) is 1. The molecule has 56 heavy (non-hydrogen) atoms. The van der Waals surface area contributed by atoms with Gasteiger partial charge in [0.2, 0.25) is 5.91 Å². The van der Waals surface area contributed by atoms with Crippen LogP contribution in [0.3, 0.4) is 0 Å². The Labute approximate surface area is 338 Å². The summed E-state index contributed by atoms with van der Waals surface area (Å²) in [6.07, 6.45) is 45.0. The Morgan fingerprint density at radius 3 is 1.59 bits per heavy atom. The zero-order chi connectivity index (χ0) is 41.4. The monoisotopic (exact) mass is 808 g/mol. The van der Waals surface area contributed by atoms with Crippen LogP contribution in [0.5, 0.6) is 0 Å². The molecule has 0 saturated heterocycles. The number of aliphatic carboxylic acids is 1. The molecule has 0 aromatic heterocycles. The molecule has 0 bridgehead atoms. The van der Waals surface area contributed by atoms with E-state index in [1.165, 1.54) is 25.7 Å². The quantitative estimate of drug-likeness (QED) is 0.0204. The van der Waals surface area contributed by atoms with E-state index >= 15 is 0 Å². The van der Waals surface area contributed by atoms with Crippen molar-refractivity contribution in [2.45, 2.75) is 167 Å². The predicted molar refractivity (Wildman–Crippen MR) is 226 cm³/mol. The number of ether oxygens (including phenoxy) is 1. The number of aliphatic hydroxyl groups excluding tert-OH is 1. The van der Waals surface area contributed by atoms with Gasteiger partial charge in [-0.05, 0) is 83.5 Å². The number of unbranched alkanes of at least 4 members (excludes halogenated alkanes) is 12. The molecule has 4 N–H and O–H groups in total. The summed E-state index contributed by atoms with van der Waals surface area (Å²) in [5.74, 6) is -2.44. The molecule has 0 fully saturated rings. The number of rotatable bonds is 38. The topological polar surface area (TPSA) is 169 Å². The molecule has 12 heteroatoms. The number of hydrogen-bond acceptors (Lipinski definition) is 8. The van der Waals surface area contributed by atoms with E-state index in [1.807, 2.05) is 0 Å². The molecular weight excluding hydrogens is 733 g/mol. The molecule has 320 valence electrons. The average Bonchev–Trinajstić information content (AvgIpc) is 3.17. The Hall–Kier alpha value is -3.08. The summed E-state index contributed by atoms with van der Waals surface area (Å²) in [4.78, 5) is 45.8. The molecule has 0 aliphatic rings. The summed E-state index contributed by atoms with van der Waals surface area (Å²) in [5, 5.41) is 21.8. The Kier molecular flexibility index (Phi) is 36.6. The van der Waals surface area contributed by atoms with Gasteiger partial charge < -0.3 is 25.2 Å².